The minimum absolute atomic E-state index is 0.0230. The van der Waals surface area contributed by atoms with Crippen molar-refractivity contribution in [3.8, 4) is 0 Å². The SMILES string of the molecule is COC(=O)C(CC(=O)c1ccc(Br)cc1)OC. The number of ketones is 1. The zero-order valence-corrected chi connectivity index (χ0v) is 11.2. The summed E-state index contributed by atoms with van der Waals surface area (Å²) in [5.74, 6) is -0.701. The van der Waals surface area contributed by atoms with Crippen LogP contribution in [0.2, 0.25) is 0 Å². The molecule has 0 radical (unpaired) electrons. The molecule has 0 aliphatic carbocycles. The fraction of sp³-hybridized carbons (Fsp3) is 0.333. The molecule has 0 aliphatic heterocycles. The highest BCUT2D eigenvalue weighted by atomic mass is 79.9. The van der Waals surface area contributed by atoms with Gasteiger partial charge in [0.25, 0.3) is 0 Å². The van der Waals surface area contributed by atoms with Gasteiger partial charge in [-0.25, -0.2) is 4.79 Å². The number of ether oxygens (including phenoxy) is 2. The molecule has 92 valence electrons. The van der Waals surface area contributed by atoms with Gasteiger partial charge in [0.05, 0.1) is 7.11 Å². The van der Waals surface area contributed by atoms with E-state index in [2.05, 4.69) is 20.7 Å². The molecule has 0 aromatic heterocycles. The Hall–Kier alpha value is -1.20. The summed E-state index contributed by atoms with van der Waals surface area (Å²) in [5, 5.41) is 0. The topological polar surface area (TPSA) is 52.6 Å². The quantitative estimate of drug-likeness (QED) is 0.618. The average Bonchev–Trinajstić information content (AvgIpc) is 2.35. The number of Topliss-reactive ketones (excluding diaryl/α,β-unsaturated/α-hetero) is 1. The van der Waals surface area contributed by atoms with Crippen molar-refractivity contribution in [2.45, 2.75) is 12.5 Å². The first-order valence-electron chi connectivity index (χ1n) is 4.98. The lowest BCUT2D eigenvalue weighted by Gasteiger charge is -2.11. The van der Waals surface area contributed by atoms with Crippen LogP contribution in [0.1, 0.15) is 16.8 Å². The molecule has 0 heterocycles. The van der Waals surface area contributed by atoms with Crippen LogP contribution < -0.4 is 0 Å². The summed E-state index contributed by atoms with van der Waals surface area (Å²) in [7, 11) is 2.63. The molecular formula is C12H13BrO4. The van der Waals surface area contributed by atoms with E-state index >= 15 is 0 Å². The molecule has 5 heteroatoms. The summed E-state index contributed by atoms with van der Waals surface area (Å²) in [5.41, 5.74) is 0.541. The first-order valence-corrected chi connectivity index (χ1v) is 5.77. The maximum atomic E-state index is 11.8. The van der Waals surface area contributed by atoms with Gasteiger partial charge in [0.2, 0.25) is 0 Å². The van der Waals surface area contributed by atoms with Crippen molar-refractivity contribution in [3.05, 3.63) is 34.3 Å². The second-order valence-corrected chi connectivity index (χ2v) is 4.30. The fourth-order valence-corrected chi connectivity index (χ4v) is 1.58. The standard InChI is InChI=1S/C12H13BrO4/c1-16-11(12(15)17-2)7-10(14)8-3-5-9(13)6-4-8/h3-6,11H,7H2,1-2H3. The molecule has 1 aromatic rings. The summed E-state index contributed by atoms with van der Waals surface area (Å²) in [6.07, 6.45) is -0.874. The molecule has 0 fully saturated rings. The second-order valence-electron chi connectivity index (χ2n) is 3.38. The van der Waals surface area contributed by atoms with Gasteiger partial charge >= 0.3 is 5.97 Å². The number of carbonyl (C=O) groups is 2. The summed E-state index contributed by atoms with van der Waals surface area (Å²) in [6, 6.07) is 6.92. The smallest absolute Gasteiger partial charge is 0.335 e. The third-order valence-corrected chi connectivity index (χ3v) is 2.81. The first kappa shape index (κ1) is 13.9. The lowest BCUT2D eigenvalue weighted by Crippen LogP contribution is -2.27. The molecule has 0 spiro atoms. The number of esters is 1. The highest BCUT2D eigenvalue weighted by Gasteiger charge is 2.22. The summed E-state index contributed by atoms with van der Waals surface area (Å²) >= 11 is 3.28. The number of rotatable bonds is 5. The highest BCUT2D eigenvalue weighted by molar-refractivity contribution is 9.10. The molecule has 1 unspecified atom stereocenters. The Balaban J connectivity index is 2.71. The maximum Gasteiger partial charge on any atom is 0.335 e. The van der Waals surface area contributed by atoms with Gasteiger partial charge in [0, 0.05) is 23.6 Å². The van der Waals surface area contributed by atoms with E-state index in [1.807, 2.05) is 0 Å². The van der Waals surface area contributed by atoms with E-state index in [4.69, 9.17) is 4.74 Å². The molecule has 0 bridgehead atoms. The van der Waals surface area contributed by atoms with Crippen LogP contribution >= 0.6 is 15.9 Å². The number of hydrogen-bond acceptors (Lipinski definition) is 4. The summed E-state index contributed by atoms with van der Waals surface area (Å²) < 4.78 is 10.3. The van der Waals surface area contributed by atoms with Crippen LogP contribution in [0.15, 0.2) is 28.7 Å². The Labute approximate surface area is 108 Å². The van der Waals surface area contributed by atoms with Gasteiger partial charge in [-0.2, -0.15) is 0 Å². The first-order chi connectivity index (χ1) is 8.08. The number of benzene rings is 1. The summed E-state index contributed by atoms with van der Waals surface area (Å²) in [4.78, 5) is 23.1. The molecule has 4 nitrogen and oxygen atoms in total. The molecule has 0 saturated carbocycles. The minimum Gasteiger partial charge on any atom is -0.467 e. The van der Waals surface area contributed by atoms with Crippen LogP contribution in [0, 0.1) is 0 Å². The molecule has 0 amide bonds. The van der Waals surface area contributed by atoms with E-state index in [0.717, 1.165) is 4.47 Å². The van der Waals surface area contributed by atoms with Gasteiger partial charge in [-0.3, -0.25) is 4.79 Å². The zero-order chi connectivity index (χ0) is 12.8. The third-order valence-electron chi connectivity index (χ3n) is 2.29. The van der Waals surface area contributed by atoms with Gasteiger partial charge < -0.3 is 9.47 Å². The van der Waals surface area contributed by atoms with Crippen LogP contribution in [0.3, 0.4) is 0 Å². The number of methoxy groups -OCH3 is 2. The largest absolute Gasteiger partial charge is 0.467 e. The van der Waals surface area contributed by atoms with E-state index in [9.17, 15) is 9.59 Å². The Kier molecular flexibility index (Phi) is 5.31. The van der Waals surface area contributed by atoms with Crippen LogP contribution in [0.4, 0.5) is 0 Å². The number of carbonyl (C=O) groups excluding carboxylic acids is 2. The Morgan fingerprint density at radius 3 is 2.29 bits per heavy atom. The molecular weight excluding hydrogens is 288 g/mol. The molecule has 0 N–H and O–H groups in total. The molecule has 17 heavy (non-hydrogen) atoms. The van der Waals surface area contributed by atoms with E-state index < -0.39 is 12.1 Å². The third kappa shape index (κ3) is 3.94. The van der Waals surface area contributed by atoms with E-state index in [0.29, 0.717) is 5.56 Å². The van der Waals surface area contributed by atoms with Gasteiger partial charge in [0.15, 0.2) is 11.9 Å². The van der Waals surface area contributed by atoms with Crippen molar-refractivity contribution in [2.75, 3.05) is 14.2 Å². The lowest BCUT2D eigenvalue weighted by atomic mass is 10.1. The monoisotopic (exact) mass is 300 g/mol. The Bertz CT molecular complexity index is 399. The van der Waals surface area contributed by atoms with E-state index in [-0.39, 0.29) is 12.2 Å². The molecule has 0 saturated heterocycles. The lowest BCUT2D eigenvalue weighted by molar-refractivity contribution is -0.152. The predicted octanol–water partition coefficient (Wildman–Crippen LogP) is 2.21. The van der Waals surface area contributed by atoms with Gasteiger partial charge in [-0.1, -0.05) is 28.1 Å². The number of halogens is 1. The van der Waals surface area contributed by atoms with Crippen molar-refractivity contribution >= 4 is 27.7 Å². The van der Waals surface area contributed by atoms with Gasteiger partial charge in [-0.05, 0) is 12.1 Å². The van der Waals surface area contributed by atoms with Gasteiger partial charge in [0.1, 0.15) is 0 Å². The highest BCUT2D eigenvalue weighted by Crippen LogP contribution is 2.13. The van der Waals surface area contributed by atoms with Crippen molar-refractivity contribution < 1.29 is 19.1 Å². The fourth-order valence-electron chi connectivity index (χ4n) is 1.32. The second kappa shape index (κ2) is 6.51. The molecule has 0 aliphatic rings. The average molecular weight is 301 g/mol. The van der Waals surface area contributed by atoms with Crippen molar-refractivity contribution in [2.24, 2.45) is 0 Å². The van der Waals surface area contributed by atoms with Crippen molar-refractivity contribution in [1.29, 1.82) is 0 Å². The Morgan fingerprint density at radius 2 is 1.82 bits per heavy atom. The summed E-state index contributed by atoms with van der Waals surface area (Å²) in [6.45, 7) is 0. The number of hydrogen-bond donors (Lipinski definition) is 0. The molecule has 1 rings (SSSR count). The zero-order valence-electron chi connectivity index (χ0n) is 9.60. The predicted molar refractivity (Wildman–Crippen MR) is 65.9 cm³/mol. The van der Waals surface area contributed by atoms with E-state index in [1.54, 1.807) is 24.3 Å². The maximum absolute atomic E-state index is 11.8. The minimum atomic E-state index is -0.851. The molecule has 1 aromatic carbocycles. The Morgan fingerprint density at radius 1 is 1.24 bits per heavy atom. The van der Waals surface area contributed by atoms with Crippen molar-refractivity contribution in [1.82, 2.24) is 0 Å². The van der Waals surface area contributed by atoms with Crippen LogP contribution in [0.5, 0.6) is 0 Å². The normalized spacial score (nSPS) is 11.9. The van der Waals surface area contributed by atoms with Gasteiger partial charge in [-0.15, -0.1) is 0 Å². The van der Waals surface area contributed by atoms with Crippen molar-refractivity contribution in [3.63, 3.8) is 0 Å². The van der Waals surface area contributed by atoms with Crippen LogP contribution in [0.25, 0.3) is 0 Å². The molecule has 1 atom stereocenters. The van der Waals surface area contributed by atoms with E-state index in [1.165, 1.54) is 14.2 Å². The van der Waals surface area contributed by atoms with Crippen LogP contribution in [-0.4, -0.2) is 32.1 Å². The van der Waals surface area contributed by atoms with Crippen LogP contribution in [-0.2, 0) is 14.3 Å².